The van der Waals surface area contributed by atoms with E-state index >= 15 is 0 Å². The van der Waals surface area contributed by atoms with E-state index in [-0.39, 0.29) is 12.0 Å². The molecule has 1 aromatic carbocycles. The maximum atomic E-state index is 12.4. The highest BCUT2D eigenvalue weighted by molar-refractivity contribution is 6.35. The zero-order valence-corrected chi connectivity index (χ0v) is 12.5. The van der Waals surface area contributed by atoms with Crippen molar-refractivity contribution in [2.24, 2.45) is 5.92 Å². The van der Waals surface area contributed by atoms with E-state index in [0.717, 1.165) is 23.7 Å². The van der Waals surface area contributed by atoms with Crippen molar-refractivity contribution in [3.05, 3.63) is 41.0 Å². The number of hydrogen-bond donors (Lipinski definition) is 1. The van der Waals surface area contributed by atoms with E-state index in [1.54, 1.807) is 18.0 Å². The standard InChI is InChI=1S/C16H17ClN2O2/c1-19(9-10-6-11(20)7-10)16(21)15-8-13(17)12-4-2-3-5-14(12)18-15/h2-5,8,10-11,20H,6-7,9H2,1H3. The Bertz CT molecular complexity index is 683. The molecule has 1 fully saturated rings. The lowest BCUT2D eigenvalue weighted by atomic mass is 9.82. The molecule has 1 heterocycles. The van der Waals surface area contributed by atoms with E-state index < -0.39 is 0 Å². The monoisotopic (exact) mass is 304 g/mol. The number of rotatable bonds is 3. The van der Waals surface area contributed by atoms with Crippen molar-refractivity contribution in [1.29, 1.82) is 0 Å². The van der Waals surface area contributed by atoms with Crippen LogP contribution in [0.2, 0.25) is 5.02 Å². The molecule has 0 radical (unpaired) electrons. The Kier molecular flexibility index (Phi) is 3.83. The van der Waals surface area contributed by atoms with Gasteiger partial charge in [0.15, 0.2) is 0 Å². The van der Waals surface area contributed by atoms with Gasteiger partial charge < -0.3 is 10.0 Å². The second kappa shape index (κ2) is 5.62. The van der Waals surface area contributed by atoms with Gasteiger partial charge in [-0.3, -0.25) is 4.79 Å². The number of carbonyl (C=O) groups excluding carboxylic acids is 1. The number of halogens is 1. The molecule has 2 aromatic rings. The predicted molar refractivity (Wildman–Crippen MR) is 82.4 cm³/mol. The molecule has 4 nitrogen and oxygen atoms in total. The second-order valence-corrected chi connectivity index (χ2v) is 6.09. The Balaban J connectivity index is 1.80. The van der Waals surface area contributed by atoms with E-state index in [2.05, 4.69) is 4.98 Å². The summed E-state index contributed by atoms with van der Waals surface area (Å²) in [5.41, 5.74) is 1.09. The smallest absolute Gasteiger partial charge is 0.272 e. The molecule has 21 heavy (non-hydrogen) atoms. The highest BCUT2D eigenvalue weighted by Gasteiger charge is 2.29. The van der Waals surface area contributed by atoms with Crippen LogP contribution in [0.15, 0.2) is 30.3 Å². The van der Waals surface area contributed by atoms with E-state index in [1.807, 2.05) is 24.3 Å². The molecule has 0 bridgehead atoms. The molecular formula is C16H17ClN2O2. The number of hydrogen-bond acceptors (Lipinski definition) is 3. The number of aliphatic hydroxyl groups excluding tert-OH is 1. The fraction of sp³-hybridized carbons (Fsp3) is 0.375. The first kappa shape index (κ1) is 14.3. The SMILES string of the molecule is CN(CC1CC(O)C1)C(=O)c1cc(Cl)c2ccccc2n1. The fourth-order valence-electron chi connectivity index (χ4n) is 2.76. The molecule has 5 heteroatoms. The molecule has 1 amide bonds. The van der Waals surface area contributed by atoms with Crippen LogP contribution in [0.1, 0.15) is 23.3 Å². The molecule has 1 N–H and O–H groups in total. The molecule has 1 aliphatic rings. The Hall–Kier alpha value is -1.65. The van der Waals surface area contributed by atoms with Gasteiger partial charge in [-0.1, -0.05) is 29.8 Å². The van der Waals surface area contributed by atoms with Crippen LogP contribution in [0.5, 0.6) is 0 Å². The highest BCUT2D eigenvalue weighted by Crippen LogP contribution is 2.28. The number of aliphatic hydroxyl groups is 1. The van der Waals surface area contributed by atoms with Crippen LogP contribution in [0.3, 0.4) is 0 Å². The van der Waals surface area contributed by atoms with Gasteiger partial charge >= 0.3 is 0 Å². The van der Waals surface area contributed by atoms with Crippen molar-refractivity contribution in [3.8, 4) is 0 Å². The molecule has 0 aliphatic heterocycles. The number of nitrogens with zero attached hydrogens (tertiary/aromatic N) is 2. The van der Waals surface area contributed by atoms with Crippen LogP contribution in [0.4, 0.5) is 0 Å². The summed E-state index contributed by atoms with van der Waals surface area (Å²) in [6.45, 7) is 0.641. The van der Waals surface area contributed by atoms with Crippen LogP contribution >= 0.6 is 11.6 Å². The average Bonchev–Trinajstić information content (AvgIpc) is 2.44. The summed E-state index contributed by atoms with van der Waals surface area (Å²) < 4.78 is 0. The maximum absolute atomic E-state index is 12.4. The van der Waals surface area contributed by atoms with Gasteiger partial charge in [0.1, 0.15) is 5.69 Å². The lowest BCUT2D eigenvalue weighted by molar-refractivity contribution is 0.0264. The van der Waals surface area contributed by atoms with Crippen LogP contribution in [-0.4, -0.2) is 40.6 Å². The van der Waals surface area contributed by atoms with E-state index in [4.69, 9.17) is 11.6 Å². The number of fused-ring (bicyclic) bond motifs is 1. The van der Waals surface area contributed by atoms with Gasteiger partial charge in [0.2, 0.25) is 0 Å². The largest absolute Gasteiger partial charge is 0.393 e. The molecular weight excluding hydrogens is 288 g/mol. The third-order valence-electron chi connectivity index (χ3n) is 3.97. The van der Waals surface area contributed by atoms with Crippen molar-refractivity contribution in [2.75, 3.05) is 13.6 Å². The molecule has 110 valence electrons. The van der Waals surface area contributed by atoms with Crippen LogP contribution in [0.25, 0.3) is 10.9 Å². The number of amides is 1. The van der Waals surface area contributed by atoms with E-state index in [9.17, 15) is 9.90 Å². The second-order valence-electron chi connectivity index (χ2n) is 5.68. The Morgan fingerprint density at radius 2 is 2.14 bits per heavy atom. The molecule has 0 saturated heterocycles. The van der Waals surface area contributed by atoms with Crippen molar-refractivity contribution in [2.45, 2.75) is 18.9 Å². The quantitative estimate of drug-likeness (QED) is 0.948. The first-order chi connectivity index (χ1) is 10.0. The Labute approximate surface area is 128 Å². The van der Waals surface area contributed by atoms with Crippen LogP contribution in [-0.2, 0) is 0 Å². The molecule has 0 unspecified atom stereocenters. The van der Waals surface area contributed by atoms with Gasteiger partial charge in [0.25, 0.3) is 5.91 Å². The summed E-state index contributed by atoms with van der Waals surface area (Å²) in [7, 11) is 1.76. The summed E-state index contributed by atoms with van der Waals surface area (Å²) in [5.74, 6) is 0.244. The van der Waals surface area contributed by atoms with E-state index in [1.165, 1.54) is 0 Å². The maximum Gasteiger partial charge on any atom is 0.272 e. The third kappa shape index (κ3) is 2.87. The van der Waals surface area contributed by atoms with Gasteiger partial charge in [-0.05, 0) is 30.9 Å². The molecule has 1 saturated carbocycles. The summed E-state index contributed by atoms with van der Waals surface area (Å²) in [6, 6.07) is 9.13. The minimum absolute atomic E-state index is 0.135. The fourth-order valence-corrected chi connectivity index (χ4v) is 3.02. The molecule has 3 rings (SSSR count). The topological polar surface area (TPSA) is 53.4 Å². The van der Waals surface area contributed by atoms with Crippen molar-refractivity contribution >= 4 is 28.4 Å². The lowest BCUT2D eigenvalue weighted by Gasteiger charge is -2.34. The first-order valence-electron chi connectivity index (χ1n) is 7.03. The third-order valence-corrected chi connectivity index (χ3v) is 4.29. The zero-order valence-electron chi connectivity index (χ0n) is 11.8. The van der Waals surface area contributed by atoms with Gasteiger partial charge in [-0.15, -0.1) is 0 Å². The molecule has 0 atom stereocenters. The Morgan fingerprint density at radius 1 is 1.43 bits per heavy atom. The summed E-state index contributed by atoms with van der Waals surface area (Å²) in [5, 5.41) is 10.7. The zero-order chi connectivity index (χ0) is 15.0. The highest BCUT2D eigenvalue weighted by atomic mass is 35.5. The van der Waals surface area contributed by atoms with Crippen molar-refractivity contribution < 1.29 is 9.90 Å². The van der Waals surface area contributed by atoms with Crippen LogP contribution in [0, 0.1) is 5.92 Å². The minimum atomic E-state index is -0.202. The normalized spacial score (nSPS) is 21.1. The Morgan fingerprint density at radius 3 is 2.86 bits per heavy atom. The van der Waals surface area contributed by atoms with Crippen LogP contribution < -0.4 is 0 Å². The summed E-state index contributed by atoms with van der Waals surface area (Å²) in [6.07, 6.45) is 1.33. The van der Waals surface area contributed by atoms with Gasteiger partial charge in [-0.25, -0.2) is 4.98 Å². The van der Waals surface area contributed by atoms with E-state index in [0.29, 0.717) is 23.2 Å². The van der Waals surface area contributed by atoms with Gasteiger partial charge in [0.05, 0.1) is 16.6 Å². The number of benzene rings is 1. The number of carbonyl (C=O) groups is 1. The summed E-state index contributed by atoms with van der Waals surface area (Å²) >= 11 is 6.23. The number of aromatic nitrogens is 1. The predicted octanol–water partition coefficient (Wildman–Crippen LogP) is 2.73. The van der Waals surface area contributed by atoms with Crippen molar-refractivity contribution in [1.82, 2.24) is 9.88 Å². The van der Waals surface area contributed by atoms with Crippen molar-refractivity contribution in [3.63, 3.8) is 0 Å². The molecule has 1 aromatic heterocycles. The average molecular weight is 305 g/mol. The number of pyridine rings is 1. The molecule has 0 spiro atoms. The lowest BCUT2D eigenvalue weighted by Crippen LogP contribution is -2.39. The summed E-state index contributed by atoms with van der Waals surface area (Å²) in [4.78, 5) is 18.5. The van der Waals surface area contributed by atoms with Gasteiger partial charge in [0, 0.05) is 19.0 Å². The first-order valence-corrected chi connectivity index (χ1v) is 7.41. The molecule has 1 aliphatic carbocycles. The van der Waals surface area contributed by atoms with Gasteiger partial charge in [-0.2, -0.15) is 0 Å². The minimum Gasteiger partial charge on any atom is -0.393 e. The number of para-hydroxylation sites is 1.